The van der Waals surface area contributed by atoms with Gasteiger partial charge in [0.2, 0.25) is 5.91 Å². The standard InChI is InChI=1S/C15H18ClF3N2O2/c16-12-4-2-1-3-11(12)9-20-14(22)5-6-21-7-8-23-13(10-21)15(17,18)19/h1-4,13H,5-10H2,(H,20,22)/t13-/m0/s1. The molecule has 1 atom stereocenters. The Hall–Kier alpha value is -1.31. The summed E-state index contributed by atoms with van der Waals surface area (Å²) in [6.07, 6.45) is -6.01. The number of ether oxygens (including phenoxy) is 1. The molecule has 0 bridgehead atoms. The Labute approximate surface area is 137 Å². The molecule has 8 heteroatoms. The Morgan fingerprint density at radius 3 is 2.83 bits per heavy atom. The smallest absolute Gasteiger partial charge is 0.366 e. The van der Waals surface area contributed by atoms with E-state index in [1.165, 1.54) is 0 Å². The SMILES string of the molecule is O=C(CCN1CCO[C@H](C(F)(F)F)C1)NCc1ccccc1Cl. The Morgan fingerprint density at radius 2 is 2.13 bits per heavy atom. The van der Waals surface area contributed by atoms with Crippen LogP contribution >= 0.6 is 11.6 Å². The average molecular weight is 351 g/mol. The number of amides is 1. The van der Waals surface area contributed by atoms with Crippen LogP contribution in [0.2, 0.25) is 5.02 Å². The molecule has 1 aromatic carbocycles. The summed E-state index contributed by atoms with van der Waals surface area (Å²) >= 11 is 5.99. The Balaban J connectivity index is 1.73. The van der Waals surface area contributed by atoms with Crippen molar-refractivity contribution in [2.75, 3.05) is 26.2 Å². The lowest BCUT2D eigenvalue weighted by atomic mass is 10.2. The highest BCUT2D eigenvalue weighted by atomic mass is 35.5. The zero-order chi connectivity index (χ0) is 16.9. The number of hydrogen-bond donors (Lipinski definition) is 1. The largest absolute Gasteiger partial charge is 0.415 e. The summed E-state index contributed by atoms with van der Waals surface area (Å²) in [6, 6.07) is 7.15. The van der Waals surface area contributed by atoms with Gasteiger partial charge < -0.3 is 10.1 Å². The van der Waals surface area contributed by atoms with Crippen LogP contribution in [0.15, 0.2) is 24.3 Å². The van der Waals surface area contributed by atoms with E-state index in [4.69, 9.17) is 16.3 Å². The maximum absolute atomic E-state index is 12.6. The molecule has 0 unspecified atom stereocenters. The van der Waals surface area contributed by atoms with Crippen molar-refractivity contribution in [3.8, 4) is 0 Å². The van der Waals surface area contributed by atoms with E-state index in [2.05, 4.69) is 5.32 Å². The lowest BCUT2D eigenvalue weighted by Gasteiger charge is -2.33. The molecule has 0 aliphatic carbocycles. The lowest BCUT2D eigenvalue weighted by molar-refractivity contribution is -0.237. The van der Waals surface area contributed by atoms with Crippen molar-refractivity contribution < 1.29 is 22.7 Å². The number of hydrogen-bond acceptors (Lipinski definition) is 3. The molecular formula is C15H18ClF3N2O2. The topological polar surface area (TPSA) is 41.6 Å². The molecule has 0 saturated carbocycles. The quantitative estimate of drug-likeness (QED) is 0.887. The Kier molecular flexibility index (Phi) is 6.26. The van der Waals surface area contributed by atoms with Gasteiger partial charge in [-0.3, -0.25) is 9.69 Å². The number of nitrogens with zero attached hydrogens (tertiary/aromatic N) is 1. The molecule has 1 aliphatic heterocycles. The van der Waals surface area contributed by atoms with E-state index < -0.39 is 12.3 Å². The highest BCUT2D eigenvalue weighted by Crippen LogP contribution is 2.25. The molecule has 1 N–H and O–H groups in total. The van der Waals surface area contributed by atoms with Gasteiger partial charge in [-0.2, -0.15) is 13.2 Å². The van der Waals surface area contributed by atoms with Crippen molar-refractivity contribution in [3.63, 3.8) is 0 Å². The van der Waals surface area contributed by atoms with Crippen molar-refractivity contribution in [2.24, 2.45) is 0 Å². The van der Waals surface area contributed by atoms with Gasteiger partial charge in [-0.25, -0.2) is 0 Å². The third kappa shape index (κ3) is 5.67. The van der Waals surface area contributed by atoms with Gasteiger partial charge in [-0.1, -0.05) is 29.8 Å². The van der Waals surface area contributed by atoms with E-state index in [0.29, 0.717) is 18.1 Å². The molecule has 0 radical (unpaired) electrons. The molecular weight excluding hydrogens is 333 g/mol. The molecule has 0 aromatic heterocycles. The summed E-state index contributed by atoms with van der Waals surface area (Å²) in [6.45, 7) is 0.744. The van der Waals surface area contributed by atoms with Gasteiger partial charge in [0.05, 0.1) is 6.61 Å². The normalized spacial score (nSPS) is 19.6. The zero-order valence-electron chi connectivity index (χ0n) is 12.4. The van der Waals surface area contributed by atoms with Gasteiger partial charge in [0, 0.05) is 37.6 Å². The van der Waals surface area contributed by atoms with Gasteiger partial charge >= 0.3 is 6.18 Å². The van der Waals surface area contributed by atoms with Crippen LogP contribution in [0.5, 0.6) is 0 Å². The van der Waals surface area contributed by atoms with Crippen LogP contribution in [-0.4, -0.2) is 49.3 Å². The van der Waals surface area contributed by atoms with E-state index in [1.54, 1.807) is 23.1 Å². The molecule has 128 valence electrons. The summed E-state index contributed by atoms with van der Waals surface area (Å²) in [5.41, 5.74) is 0.797. The number of benzene rings is 1. The Bertz CT molecular complexity index is 540. The molecule has 4 nitrogen and oxygen atoms in total. The van der Waals surface area contributed by atoms with E-state index in [9.17, 15) is 18.0 Å². The number of alkyl halides is 3. The monoisotopic (exact) mass is 350 g/mol. The molecule has 1 amide bonds. The van der Waals surface area contributed by atoms with Crippen molar-refractivity contribution in [2.45, 2.75) is 25.2 Å². The number of nitrogens with one attached hydrogen (secondary N) is 1. The summed E-state index contributed by atoms with van der Waals surface area (Å²) in [5, 5.41) is 3.28. The maximum Gasteiger partial charge on any atom is 0.415 e. The van der Waals surface area contributed by atoms with Crippen LogP contribution < -0.4 is 5.32 Å². The molecule has 1 fully saturated rings. The summed E-state index contributed by atoms with van der Waals surface area (Å²) in [5.74, 6) is -0.222. The lowest BCUT2D eigenvalue weighted by Crippen LogP contribution is -2.49. The average Bonchev–Trinajstić information content (AvgIpc) is 2.51. The highest BCUT2D eigenvalue weighted by Gasteiger charge is 2.43. The predicted octanol–water partition coefficient (Wildman–Crippen LogP) is 2.61. The predicted molar refractivity (Wildman–Crippen MR) is 80.2 cm³/mol. The van der Waals surface area contributed by atoms with Crippen LogP contribution in [0.3, 0.4) is 0 Å². The fourth-order valence-electron chi connectivity index (χ4n) is 2.29. The van der Waals surface area contributed by atoms with Crippen LogP contribution in [-0.2, 0) is 16.1 Å². The number of carbonyl (C=O) groups is 1. The molecule has 1 aliphatic rings. The minimum Gasteiger partial charge on any atom is -0.366 e. The van der Waals surface area contributed by atoms with Crippen molar-refractivity contribution in [1.29, 1.82) is 0 Å². The van der Waals surface area contributed by atoms with Gasteiger partial charge in [0.15, 0.2) is 6.10 Å². The number of carbonyl (C=O) groups excluding carboxylic acids is 1. The second-order valence-corrected chi connectivity index (χ2v) is 5.73. The minimum absolute atomic E-state index is 0.0193. The molecule has 1 heterocycles. The molecule has 0 spiro atoms. The first-order valence-electron chi connectivity index (χ1n) is 7.27. The van der Waals surface area contributed by atoms with E-state index in [-0.39, 0.29) is 32.0 Å². The van der Waals surface area contributed by atoms with Gasteiger partial charge in [0.25, 0.3) is 0 Å². The second-order valence-electron chi connectivity index (χ2n) is 5.32. The molecule has 23 heavy (non-hydrogen) atoms. The first kappa shape index (κ1) is 18.0. The van der Waals surface area contributed by atoms with Crippen LogP contribution in [0.1, 0.15) is 12.0 Å². The van der Waals surface area contributed by atoms with Gasteiger partial charge in [0.1, 0.15) is 0 Å². The van der Waals surface area contributed by atoms with Crippen LogP contribution in [0, 0.1) is 0 Å². The molecule has 1 aromatic rings. The minimum atomic E-state index is -4.37. The summed E-state index contributed by atoms with van der Waals surface area (Å²) in [7, 11) is 0. The fourth-order valence-corrected chi connectivity index (χ4v) is 2.49. The third-order valence-electron chi connectivity index (χ3n) is 3.60. The third-order valence-corrected chi connectivity index (χ3v) is 3.97. The fraction of sp³-hybridized carbons (Fsp3) is 0.533. The first-order valence-corrected chi connectivity index (χ1v) is 7.65. The Morgan fingerprint density at radius 1 is 1.39 bits per heavy atom. The highest BCUT2D eigenvalue weighted by molar-refractivity contribution is 6.31. The number of rotatable bonds is 5. The van der Waals surface area contributed by atoms with E-state index >= 15 is 0 Å². The second kappa shape index (κ2) is 7.99. The van der Waals surface area contributed by atoms with Crippen molar-refractivity contribution in [1.82, 2.24) is 10.2 Å². The number of morpholine rings is 1. The zero-order valence-corrected chi connectivity index (χ0v) is 13.2. The van der Waals surface area contributed by atoms with Crippen molar-refractivity contribution in [3.05, 3.63) is 34.9 Å². The van der Waals surface area contributed by atoms with Gasteiger partial charge in [-0.05, 0) is 11.6 Å². The van der Waals surface area contributed by atoms with Crippen LogP contribution in [0.25, 0.3) is 0 Å². The number of halogens is 4. The van der Waals surface area contributed by atoms with Crippen LogP contribution in [0.4, 0.5) is 13.2 Å². The summed E-state index contributed by atoms with van der Waals surface area (Å²) in [4.78, 5) is 13.4. The van der Waals surface area contributed by atoms with Gasteiger partial charge in [-0.15, -0.1) is 0 Å². The first-order chi connectivity index (χ1) is 10.9. The molecule has 1 saturated heterocycles. The van der Waals surface area contributed by atoms with Crippen molar-refractivity contribution >= 4 is 17.5 Å². The van der Waals surface area contributed by atoms with E-state index in [0.717, 1.165) is 5.56 Å². The van der Waals surface area contributed by atoms with E-state index in [1.807, 2.05) is 6.07 Å². The summed E-state index contributed by atoms with van der Waals surface area (Å²) < 4.78 is 42.6. The molecule has 2 rings (SSSR count). The maximum atomic E-state index is 12.6.